The number of hydrogen-bond donors (Lipinski definition) is 1. The first-order valence-corrected chi connectivity index (χ1v) is 10.9. The van der Waals surface area contributed by atoms with Gasteiger partial charge in [0, 0.05) is 18.7 Å². The molecule has 1 amide bonds. The van der Waals surface area contributed by atoms with E-state index in [9.17, 15) is 13.2 Å². The maximum absolute atomic E-state index is 13.1. The summed E-state index contributed by atoms with van der Waals surface area (Å²) >= 11 is 0. The maximum atomic E-state index is 13.1. The van der Waals surface area contributed by atoms with Crippen LogP contribution >= 0.6 is 0 Å². The first-order chi connectivity index (χ1) is 13.4. The van der Waals surface area contributed by atoms with Gasteiger partial charge in [0.05, 0.1) is 13.2 Å². The Morgan fingerprint density at radius 1 is 1.07 bits per heavy atom. The van der Waals surface area contributed by atoms with Crippen LogP contribution in [0.4, 0.5) is 0 Å². The predicted molar refractivity (Wildman–Crippen MR) is 108 cm³/mol. The molecule has 1 saturated heterocycles. The van der Waals surface area contributed by atoms with Gasteiger partial charge in [0.1, 0.15) is 10.6 Å². The zero-order chi connectivity index (χ0) is 20.1. The third-order valence-corrected chi connectivity index (χ3v) is 6.93. The van der Waals surface area contributed by atoms with E-state index in [0.717, 1.165) is 24.8 Å². The van der Waals surface area contributed by atoms with Gasteiger partial charge in [-0.2, -0.15) is 4.31 Å². The molecule has 1 N–H and O–H groups in total. The van der Waals surface area contributed by atoms with E-state index < -0.39 is 10.0 Å². The van der Waals surface area contributed by atoms with E-state index in [1.54, 1.807) is 12.1 Å². The van der Waals surface area contributed by atoms with Gasteiger partial charge in [-0.3, -0.25) is 4.79 Å². The van der Waals surface area contributed by atoms with Gasteiger partial charge in [-0.05, 0) is 43.5 Å². The number of piperidine rings is 1. The molecule has 0 unspecified atom stereocenters. The Balaban J connectivity index is 1.87. The van der Waals surface area contributed by atoms with E-state index in [2.05, 4.69) is 5.32 Å². The lowest BCUT2D eigenvalue weighted by Gasteiger charge is -2.26. The van der Waals surface area contributed by atoms with E-state index in [-0.39, 0.29) is 22.6 Å². The van der Waals surface area contributed by atoms with E-state index in [1.807, 2.05) is 37.3 Å². The lowest BCUT2D eigenvalue weighted by molar-refractivity contribution is 0.0939. The number of benzene rings is 2. The summed E-state index contributed by atoms with van der Waals surface area (Å²) < 4.78 is 32.9. The molecule has 0 radical (unpaired) electrons. The van der Waals surface area contributed by atoms with Crippen molar-refractivity contribution in [3.63, 3.8) is 0 Å². The fourth-order valence-corrected chi connectivity index (χ4v) is 5.07. The van der Waals surface area contributed by atoms with Crippen molar-refractivity contribution in [1.82, 2.24) is 9.62 Å². The Morgan fingerprint density at radius 2 is 1.75 bits per heavy atom. The molecule has 0 aromatic heterocycles. The van der Waals surface area contributed by atoms with Crippen LogP contribution in [0.1, 0.15) is 48.1 Å². The molecule has 6 nitrogen and oxygen atoms in total. The number of methoxy groups -OCH3 is 1. The fourth-order valence-electron chi connectivity index (χ4n) is 3.37. The summed E-state index contributed by atoms with van der Waals surface area (Å²) in [4.78, 5) is 12.8. The Hall–Kier alpha value is -2.38. The summed E-state index contributed by atoms with van der Waals surface area (Å²) in [5.41, 5.74) is 1.27. The highest BCUT2D eigenvalue weighted by atomic mass is 32.2. The van der Waals surface area contributed by atoms with Gasteiger partial charge in [-0.25, -0.2) is 8.42 Å². The smallest absolute Gasteiger partial charge is 0.251 e. The molecule has 0 saturated carbocycles. The number of nitrogens with zero attached hydrogens (tertiary/aromatic N) is 1. The maximum Gasteiger partial charge on any atom is 0.251 e. The highest BCUT2D eigenvalue weighted by Crippen LogP contribution is 2.29. The average molecular weight is 403 g/mol. The quantitative estimate of drug-likeness (QED) is 0.804. The summed E-state index contributed by atoms with van der Waals surface area (Å²) in [7, 11) is -2.28. The number of rotatable bonds is 6. The van der Waals surface area contributed by atoms with E-state index in [4.69, 9.17) is 4.74 Å². The van der Waals surface area contributed by atoms with Crippen LogP contribution in [0, 0.1) is 0 Å². The highest BCUT2D eigenvalue weighted by molar-refractivity contribution is 7.89. The zero-order valence-corrected chi connectivity index (χ0v) is 17.0. The van der Waals surface area contributed by atoms with Crippen LogP contribution in [0.25, 0.3) is 0 Å². The Morgan fingerprint density at radius 3 is 2.39 bits per heavy atom. The Kier molecular flexibility index (Phi) is 6.36. The van der Waals surface area contributed by atoms with E-state index in [1.165, 1.54) is 17.5 Å². The lowest BCUT2D eigenvalue weighted by Crippen LogP contribution is -2.36. The third-order valence-electron chi connectivity index (χ3n) is 5.01. The number of nitrogens with one attached hydrogen (secondary N) is 1. The van der Waals surface area contributed by atoms with E-state index in [0.29, 0.717) is 18.7 Å². The van der Waals surface area contributed by atoms with Crippen LogP contribution in [0.15, 0.2) is 53.4 Å². The first kappa shape index (κ1) is 20.4. The van der Waals surface area contributed by atoms with Gasteiger partial charge in [0.15, 0.2) is 0 Å². The van der Waals surface area contributed by atoms with Gasteiger partial charge in [-0.15, -0.1) is 0 Å². The first-order valence-electron chi connectivity index (χ1n) is 9.47. The molecule has 0 spiro atoms. The van der Waals surface area contributed by atoms with Crippen molar-refractivity contribution in [3.05, 3.63) is 59.7 Å². The van der Waals surface area contributed by atoms with Crippen molar-refractivity contribution in [1.29, 1.82) is 0 Å². The van der Waals surface area contributed by atoms with Crippen molar-refractivity contribution in [2.24, 2.45) is 0 Å². The molecular formula is C21H26N2O4S. The zero-order valence-electron chi connectivity index (χ0n) is 16.2. The molecule has 7 heteroatoms. The molecule has 2 aromatic rings. The molecule has 0 aliphatic carbocycles. The molecule has 0 bridgehead atoms. The van der Waals surface area contributed by atoms with Gasteiger partial charge >= 0.3 is 0 Å². The Bertz CT molecular complexity index is 923. The number of carbonyl (C=O) groups is 1. The second-order valence-electron chi connectivity index (χ2n) is 6.94. The fraction of sp³-hybridized carbons (Fsp3) is 0.381. The third kappa shape index (κ3) is 4.36. The molecular weight excluding hydrogens is 376 g/mol. The lowest BCUT2D eigenvalue weighted by atomic mass is 10.1. The van der Waals surface area contributed by atoms with Crippen LogP contribution in [0.2, 0.25) is 0 Å². The van der Waals surface area contributed by atoms with Crippen LogP contribution in [-0.2, 0) is 10.0 Å². The molecule has 150 valence electrons. The molecule has 1 aliphatic rings. The number of sulfonamides is 1. The van der Waals surface area contributed by atoms with Crippen LogP contribution in [-0.4, -0.2) is 38.8 Å². The topological polar surface area (TPSA) is 75.7 Å². The number of amides is 1. The summed E-state index contributed by atoms with van der Waals surface area (Å²) in [6, 6.07) is 14.0. The van der Waals surface area contributed by atoms with Gasteiger partial charge < -0.3 is 10.1 Å². The molecule has 1 atom stereocenters. The van der Waals surface area contributed by atoms with Crippen LogP contribution < -0.4 is 10.1 Å². The number of ether oxygens (including phenoxy) is 1. The largest absolute Gasteiger partial charge is 0.495 e. The summed E-state index contributed by atoms with van der Waals surface area (Å²) in [5.74, 6) is -0.0765. The van der Waals surface area contributed by atoms with Gasteiger partial charge in [0.2, 0.25) is 10.0 Å². The number of carbonyl (C=O) groups excluding carboxylic acids is 1. The van der Waals surface area contributed by atoms with Gasteiger partial charge in [0.25, 0.3) is 5.91 Å². The second kappa shape index (κ2) is 8.75. The van der Waals surface area contributed by atoms with E-state index >= 15 is 0 Å². The molecule has 28 heavy (non-hydrogen) atoms. The second-order valence-corrected chi connectivity index (χ2v) is 8.84. The molecule has 2 aromatic carbocycles. The highest BCUT2D eigenvalue weighted by Gasteiger charge is 2.29. The van der Waals surface area contributed by atoms with Crippen molar-refractivity contribution in [2.45, 2.75) is 37.1 Å². The van der Waals surface area contributed by atoms with Crippen molar-refractivity contribution in [2.75, 3.05) is 20.2 Å². The standard InChI is InChI=1S/C21H26N2O4S/c1-16(17-9-5-3-6-10-17)22-21(24)18-11-12-19(27-2)20(15-18)28(25,26)23-13-7-4-8-14-23/h3,5-6,9-12,15-16H,4,7-8,13-14H2,1-2H3,(H,22,24)/t16-/m1/s1. The van der Waals surface area contributed by atoms with Crippen molar-refractivity contribution >= 4 is 15.9 Å². The normalized spacial score (nSPS) is 16.4. The monoisotopic (exact) mass is 402 g/mol. The van der Waals surface area contributed by atoms with Crippen molar-refractivity contribution in [3.8, 4) is 5.75 Å². The van der Waals surface area contributed by atoms with Gasteiger partial charge in [-0.1, -0.05) is 36.8 Å². The molecule has 1 aliphatic heterocycles. The molecule has 1 fully saturated rings. The summed E-state index contributed by atoms with van der Waals surface area (Å²) in [5, 5.41) is 2.92. The number of hydrogen-bond acceptors (Lipinski definition) is 4. The molecule has 1 heterocycles. The summed E-state index contributed by atoms with van der Waals surface area (Å²) in [6.45, 7) is 2.88. The van der Waals surface area contributed by atoms with Crippen molar-refractivity contribution < 1.29 is 17.9 Å². The van der Waals surface area contributed by atoms with Crippen LogP contribution in [0.3, 0.4) is 0 Å². The minimum absolute atomic E-state index is 0.0388. The minimum atomic E-state index is -3.71. The SMILES string of the molecule is COc1ccc(C(=O)N[C@H](C)c2ccccc2)cc1S(=O)(=O)N1CCCCC1. The van der Waals surface area contributed by atoms with Crippen LogP contribution in [0.5, 0.6) is 5.75 Å². The molecule has 3 rings (SSSR count). The minimum Gasteiger partial charge on any atom is -0.495 e. The predicted octanol–water partition coefficient (Wildman–Crippen LogP) is 3.36. The average Bonchev–Trinajstić information content (AvgIpc) is 2.74. The Labute approximate surface area is 166 Å². The summed E-state index contributed by atoms with van der Waals surface area (Å²) in [6.07, 6.45) is 2.72.